The first-order valence-corrected chi connectivity index (χ1v) is 21.9. The van der Waals surface area contributed by atoms with Crippen molar-refractivity contribution in [1.82, 2.24) is 24.4 Å². The number of pyridine rings is 2. The molecule has 62 heavy (non-hydrogen) atoms. The molecule has 302 valence electrons. The zero-order chi connectivity index (χ0) is 41.9. The number of fused-ring (bicyclic) bond motifs is 10. The molecule has 6 heteroatoms. The smallest absolute Gasteiger partial charge is 0.0709 e. The molecule has 1 unspecified atom stereocenters. The number of allylic oxidation sites excluding steroid dienone is 6. The lowest BCUT2D eigenvalue weighted by molar-refractivity contribution is 0.764. The van der Waals surface area contributed by atoms with E-state index in [1.165, 1.54) is 66.0 Å². The van der Waals surface area contributed by atoms with Crippen molar-refractivity contribution >= 4 is 65.9 Å². The first-order chi connectivity index (χ1) is 30.5. The summed E-state index contributed by atoms with van der Waals surface area (Å²) in [5, 5.41) is 9.88. The molecule has 4 aromatic heterocycles. The number of hydrogen-bond donors (Lipinski definition) is 2. The molecule has 5 aromatic carbocycles. The second-order valence-corrected chi connectivity index (χ2v) is 16.5. The zero-order valence-corrected chi connectivity index (χ0v) is 35.4. The largest absolute Gasteiger partial charge is 0.403 e. The van der Waals surface area contributed by atoms with E-state index in [2.05, 4.69) is 167 Å². The molecule has 2 aliphatic rings. The Labute approximate surface area is 361 Å². The first-order valence-electron chi connectivity index (χ1n) is 21.9. The third kappa shape index (κ3) is 6.08. The van der Waals surface area contributed by atoms with Crippen LogP contribution < -0.4 is 11.1 Å². The van der Waals surface area contributed by atoms with E-state index >= 15 is 0 Å². The molecule has 0 radical (unpaired) electrons. The van der Waals surface area contributed by atoms with Crippen molar-refractivity contribution < 1.29 is 0 Å². The number of dihydropyridines is 1. The maximum Gasteiger partial charge on any atom is 0.0709 e. The van der Waals surface area contributed by atoms with Gasteiger partial charge in [-0.15, -0.1) is 0 Å². The number of nitrogens with two attached hydrogens (primary N) is 1. The monoisotopic (exact) mass is 804 g/mol. The SMILES string of the molecule is C/C=C\C(=C/N)n1c2ccc(-c3ccc4ccccc4n3)cc2c2cc3c(cc21)-c1cc2c(cc1CC3)c1cc(C3=CC=C(CC)C(/C=C\CC)N3)ccc1n2-c1cccnc1. The van der Waals surface area contributed by atoms with Crippen molar-refractivity contribution in [3.8, 4) is 28.1 Å². The lowest BCUT2D eigenvalue weighted by atomic mass is 9.84. The molecule has 0 saturated carbocycles. The van der Waals surface area contributed by atoms with E-state index in [0.29, 0.717) is 0 Å². The highest BCUT2D eigenvalue weighted by Crippen LogP contribution is 2.45. The molecule has 0 bridgehead atoms. The molecular formula is C56H48N6. The lowest BCUT2D eigenvalue weighted by Crippen LogP contribution is -2.30. The average molecular weight is 805 g/mol. The van der Waals surface area contributed by atoms with Crippen molar-refractivity contribution in [3.05, 3.63) is 187 Å². The minimum atomic E-state index is 0.197. The van der Waals surface area contributed by atoms with Gasteiger partial charge in [0, 0.05) is 50.6 Å². The number of nitrogens with one attached hydrogen (secondary N) is 1. The Bertz CT molecular complexity index is 3430. The molecule has 0 saturated heterocycles. The van der Waals surface area contributed by atoms with Crippen LogP contribution in [-0.4, -0.2) is 25.1 Å². The number of aromatic nitrogens is 4. The van der Waals surface area contributed by atoms with Gasteiger partial charge in [-0.3, -0.25) is 4.98 Å². The van der Waals surface area contributed by atoms with Crippen LogP contribution in [-0.2, 0) is 12.8 Å². The quantitative estimate of drug-likeness (QED) is 0.118. The first kappa shape index (κ1) is 37.6. The van der Waals surface area contributed by atoms with Gasteiger partial charge in [-0.05, 0) is 151 Å². The molecule has 6 nitrogen and oxygen atoms in total. The summed E-state index contributed by atoms with van der Waals surface area (Å²) in [7, 11) is 0. The van der Waals surface area contributed by atoms with Gasteiger partial charge >= 0.3 is 0 Å². The van der Waals surface area contributed by atoms with Crippen LogP contribution in [0.2, 0.25) is 0 Å². The second kappa shape index (κ2) is 15.2. The number of aryl methyl sites for hydroxylation is 2. The van der Waals surface area contributed by atoms with Crippen LogP contribution >= 0.6 is 0 Å². The highest BCUT2D eigenvalue weighted by Gasteiger charge is 2.25. The standard InChI is InChI=1S/C56H48N6/c1-4-7-14-49-35(6-3)18-22-51(59-49)39-21-25-54-46(30-39)48-28-38-17-16-37-27-47-45-29-40(52-23-19-36-12-8-9-15-50(36)60-52)20-24-53(45)61(41(33-57)11-5-2)55(47)31-43(37)44(38)32-56(48)62(54)42-13-10-26-58-34-42/h5,7-15,18-34,49,59H,4,6,16-17,57H2,1-3H3/b11-5-,14-7-,41-33+. The summed E-state index contributed by atoms with van der Waals surface area (Å²) in [6.07, 6.45) is 22.8. The van der Waals surface area contributed by atoms with Gasteiger partial charge in [0.2, 0.25) is 0 Å². The van der Waals surface area contributed by atoms with Crippen LogP contribution in [0.3, 0.4) is 0 Å². The molecule has 11 rings (SSSR count). The molecule has 0 fully saturated rings. The zero-order valence-electron chi connectivity index (χ0n) is 35.4. The number of hydrogen-bond acceptors (Lipinski definition) is 4. The predicted molar refractivity (Wildman–Crippen MR) is 261 cm³/mol. The summed E-state index contributed by atoms with van der Waals surface area (Å²) >= 11 is 0. The Hall–Kier alpha value is -7.44. The fourth-order valence-corrected chi connectivity index (χ4v) is 9.94. The molecule has 9 aromatic rings. The van der Waals surface area contributed by atoms with Crippen molar-refractivity contribution in [1.29, 1.82) is 0 Å². The summed E-state index contributed by atoms with van der Waals surface area (Å²) in [6.45, 7) is 6.46. The molecule has 3 N–H and O–H groups in total. The van der Waals surface area contributed by atoms with E-state index in [9.17, 15) is 0 Å². The van der Waals surface area contributed by atoms with Crippen LogP contribution in [0.4, 0.5) is 0 Å². The van der Waals surface area contributed by atoms with Gasteiger partial charge in [0.25, 0.3) is 0 Å². The Morgan fingerprint density at radius 2 is 1.50 bits per heavy atom. The van der Waals surface area contributed by atoms with E-state index < -0.39 is 0 Å². The second-order valence-electron chi connectivity index (χ2n) is 16.5. The molecular weight excluding hydrogens is 757 g/mol. The summed E-state index contributed by atoms with van der Waals surface area (Å²) in [5.41, 5.74) is 25.0. The topological polar surface area (TPSA) is 73.7 Å². The Kier molecular flexibility index (Phi) is 9.23. The van der Waals surface area contributed by atoms with E-state index in [-0.39, 0.29) is 6.04 Å². The fourth-order valence-electron chi connectivity index (χ4n) is 9.94. The van der Waals surface area contributed by atoms with Crippen LogP contribution in [0.25, 0.3) is 94.0 Å². The predicted octanol–water partition coefficient (Wildman–Crippen LogP) is 13.2. The van der Waals surface area contributed by atoms with Crippen molar-refractivity contribution in [2.45, 2.75) is 52.5 Å². The molecule has 5 heterocycles. The summed E-state index contributed by atoms with van der Waals surface area (Å²) in [6, 6.07) is 40.4. The molecule has 1 aliphatic heterocycles. The molecule has 1 atom stereocenters. The van der Waals surface area contributed by atoms with Gasteiger partial charge < -0.3 is 20.2 Å². The van der Waals surface area contributed by atoms with Gasteiger partial charge in [0.1, 0.15) is 0 Å². The maximum atomic E-state index is 6.42. The minimum absolute atomic E-state index is 0.197. The molecule has 0 amide bonds. The third-order valence-electron chi connectivity index (χ3n) is 13.0. The summed E-state index contributed by atoms with van der Waals surface area (Å²) < 4.78 is 4.71. The lowest BCUT2D eigenvalue weighted by Gasteiger charge is -2.25. The van der Waals surface area contributed by atoms with Gasteiger partial charge in [-0.2, -0.15) is 0 Å². The molecule has 0 spiro atoms. The molecule has 1 aliphatic carbocycles. The van der Waals surface area contributed by atoms with Crippen LogP contribution in [0.5, 0.6) is 0 Å². The number of rotatable bonds is 8. The van der Waals surface area contributed by atoms with E-state index in [1.807, 2.05) is 31.5 Å². The van der Waals surface area contributed by atoms with Crippen LogP contribution in [0, 0.1) is 0 Å². The van der Waals surface area contributed by atoms with Crippen molar-refractivity contribution in [2.24, 2.45) is 5.73 Å². The Balaban J connectivity index is 1.11. The fraction of sp³-hybridized carbons (Fsp3) is 0.143. The van der Waals surface area contributed by atoms with E-state index in [1.54, 1.807) is 6.20 Å². The average Bonchev–Trinajstić information content (AvgIpc) is 3.81. The van der Waals surface area contributed by atoms with Gasteiger partial charge in [0.15, 0.2) is 0 Å². The van der Waals surface area contributed by atoms with Crippen LogP contribution in [0.15, 0.2) is 170 Å². The van der Waals surface area contributed by atoms with E-state index in [0.717, 1.165) is 76.0 Å². The van der Waals surface area contributed by atoms with Gasteiger partial charge in [-0.1, -0.05) is 74.5 Å². The number of para-hydroxylation sites is 1. The Morgan fingerprint density at radius 1 is 0.758 bits per heavy atom. The van der Waals surface area contributed by atoms with Crippen molar-refractivity contribution in [2.75, 3.05) is 0 Å². The van der Waals surface area contributed by atoms with Gasteiger partial charge in [0.05, 0.1) is 56.9 Å². The summed E-state index contributed by atoms with van der Waals surface area (Å²) in [5.74, 6) is 0. The number of benzene rings is 5. The highest BCUT2D eigenvalue weighted by atomic mass is 15.0. The minimum Gasteiger partial charge on any atom is -0.403 e. The Morgan fingerprint density at radius 3 is 2.27 bits per heavy atom. The van der Waals surface area contributed by atoms with Crippen molar-refractivity contribution in [3.63, 3.8) is 0 Å². The summed E-state index contributed by atoms with van der Waals surface area (Å²) in [4.78, 5) is 9.64. The van der Waals surface area contributed by atoms with Gasteiger partial charge in [-0.25, -0.2) is 4.98 Å². The highest BCUT2D eigenvalue weighted by molar-refractivity contribution is 6.15. The van der Waals surface area contributed by atoms with Crippen LogP contribution in [0.1, 0.15) is 50.3 Å². The van der Waals surface area contributed by atoms with E-state index in [4.69, 9.17) is 10.7 Å². The number of nitrogens with zero attached hydrogens (tertiary/aromatic N) is 4. The maximum absolute atomic E-state index is 6.42. The normalized spacial score (nSPS) is 15.5. The third-order valence-corrected chi connectivity index (χ3v) is 13.0.